The molecule has 2 saturated heterocycles. The molecule has 23 heavy (non-hydrogen) atoms. The standard InChI is InChI=1S/C15H20N6OS/c1-11-16-17-13-2-3-14(18-21(11)13)20-5-4-12(10-20)15(22)19-6-8-23-9-7-19/h2-3,12H,4-10H2,1H3. The van der Waals surface area contributed by atoms with E-state index in [9.17, 15) is 4.79 Å². The zero-order valence-corrected chi connectivity index (χ0v) is 14.0. The first kappa shape index (κ1) is 14.7. The Labute approximate surface area is 139 Å². The summed E-state index contributed by atoms with van der Waals surface area (Å²) >= 11 is 1.93. The Bertz CT molecular complexity index is 726. The highest BCUT2D eigenvalue weighted by Gasteiger charge is 2.32. The summed E-state index contributed by atoms with van der Waals surface area (Å²) in [6.45, 7) is 5.30. The van der Waals surface area contributed by atoms with Gasteiger partial charge in [-0.15, -0.1) is 15.3 Å². The molecule has 2 aliphatic rings. The molecule has 0 spiro atoms. The van der Waals surface area contributed by atoms with Crippen molar-refractivity contribution in [3.8, 4) is 0 Å². The van der Waals surface area contributed by atoms with Gasteiger partial charge in [-0.25, -0.2) is 0 Å². The summed E-state index contributed by atoms with van der Waals surface area (Å²) in [7, 11) is 0. The zero-order valence-electron chi connectivity index (χ0n) is 13.2. The van der Waals surface area contributed by atoms with Crippen LogP contribution in [0.5, 0.6) is 0 Å². The van der Waals surface area contributed by atoms with Crippen LogP contribution < -0.4 is 4.90 Å². The van der Waals surface area contributed by atoms with Crippen molar-refractivity contribution in [1.29, 1.82) is 0 Å². The molecule has 4 rings (SSSR count). The number of hydrogen-bond acceptors (Lipinski definition) is 6. The number of amides is 1. The average molecular weight is 332 g/mol. The number of carbonyl (C=O) groups excluding carboxylic acids is 1. The van der Waals surface area contributed by atoms with Gasteiger partial charge in [0.1, 0.15) is 5.82 Å². The maximum Gasteiger partial charge on any atom is 0.227 e. The molecule has 2 aliphatic heterocycles. The zero-order chi connectivity index (χ0) is 15.8. The summed E-state index contributed by atoms with van der Waals surface area (Å²) in [5, 5.41) is 12.7. The van der Waals surface area contributed by atoms with Gasteiger partial charge in [0.25, 0.3) is 0 Å². The summed E-state index contributed by atoms with van der Waals surface area (Å²) in [6.07, 6.45) is 0.906. The highest BCUT2D eigenvalue weighted by molar-refractivity contribution is 7.99. The SMILES string of the molecule is Cc1nnc2ccc(N3CCC(C(=O)N4CCSCC4)C3)nn12. The normalized spacial score (nSPS) is 22.0. The van der Waals surface area contributed by atoms with Crippen molar-refractivity contribution in [2.45, 2.75) is 13.3 Å². The van der Waals surface area contributed by atoms with Crippen molar-refractivity contribution in [2.75, 3.05) is 42.6 Å². The second-order valence-electron chi connectivity index (χ2n) is 6.08. The molecule has 0 aromatic carbocycles. The molecule has 0 saturated carbocycles. The van der Waals surface area contributed by atoms with Crippen LogP contribution in [-0.2, 0) is 4.79 Å². The van der Waals surface area contributed by atoms with Gasteiger partial charge in [-0.05, 0) is 25.5 Å². The van der Waals surface area contributed by atoms with E-state index in [0.717, 1.165) is 61.4 Å². The van der Waals surface area contributed by atoms with Crippen molar-refractivity contribution >= 4 is 29.1 Å². The van der Waals surface area contributed by atoms with Crippen LogP contribution >= 0.6 is 11.8 Å². The van der Waals surface area contributed by atoms with Crippen LogP contribution in [0.3, 0.4) is 0 Å². The molecule has 7 nitrogen and oxygen atoms in total. The van der Waals surface area contributed by atoms with Gasteiger partial charge in [-0.1, -0.05) is 0 Å². The van der Waals surface area contributed by atoms with Crippen LogP contribution in [0.1, 0.15) is 12.2 Å². The second-order valence-corrected chi connectivity index (χ2v) is 7.30. The first-order valence-corrected chi connectivity index (χ1v) is 9.18. The van der Waals surface area contributed by atoms with Gasteiger partial charge in [0.05, 0.1) is 5.92 Å². The number of rotatable bonds is 2. The molecular formula is C15H20N6OS. The van der Waals surface area contributed by atoms with Crippen LogP contribution in [0.4, 0.5) is 5.82 Å². The van der Waals surface area contributed by atoms with Crippen molar-refractivity contribution in [3.05, 3.63) is 18.0 Å². The molecule has 2 fully saturated rings. The fourth-order valence-electron chi connectivity index (χ4n) is 3.27. The number of fused-ring (bicyclic) bond motifs is 1. The molecule has 2 aromatic rings. The van der Waals surface area contributed by atoms with Crippen LogP contribution in [0, 0.1) is 12.8 Å². The number of anilines is 1. The minimum Gasteiger partial charge on any atom is -0.354 e. The Morgan fingerprint density at radius 1 is 1.22 bits per heavy atom. The van der Waals surface area contributed by atoms with Gasteiger partial charge in [-0.3, -0.25) is 4.79 Å². The van der Waals surface area contributed by atoms with Gasteiger partial charge < -0.3 is 9.80 Å². The Hall–Kier alpha value is -1.83. The molecule has 1 atom stereocenters. The fraction of sp³-hybridized carbons (Fsp3) is 0.600. The Morgan fingerprint density at radius 3 is 2.87 bits per heavy atom. The number of aryl methyl sites for hydroxylation is 1. The molecule has 1 amide bonds. The molecule has 1 unspecified atom stereocenters. The van der Waals surface area contributed by atoms with Crippen LogP contribution in [-0.4, -0.2) is 68.3 Å². The summed E-state index contributed by atoms with van der Waals surface area (Å²) in [5.41, 5.74) is 0.754. The fourth-order valence-corrected chi connectivity index (χ4v) is 4.17. The maximum absolute atomic E-state index is 12.6. The first-order chi connectivity index (χ1) is 11.2. The number of carbonyl (C=O) groups is 1. The highest BCUT2D eigenvalue weighted by Crippen LogP contribution is 2.25. The van der Waals surface area contributed by atoms with E-state index >= 15 is 0 Å². The summed E-state index contributed by atoms with van der Waals surface area (Å²) < 4.78 is 1.76. The average Bonchev–Trinajstić information content (AvgIpc) is 3.22. The lowest BCUT2D eigenvalue weighted by molar-refractivity contribution is -0.134. The van der Waals surface area contributed by atoms with Gasteiger partial charge in [0, 0.05) is 37.7 Å². The van der Waals surface area contributed by atoms with Gasteiger partial charge >= 0.3 is 0 Å². The molecule has 0 radical (unpaired) electrons. The minimum atomic E-state index is 0.0950. The molecule has 0 bridgehead atoms. The van der Waals surface area contributed by atoms with E-state index in [1.165, 1.54) is 0 Å². The van der Waals surface area contributed by atoms with Crippen molar-refractivity contribution in [1.82, 2.24) is 24.7 Å². The summed E-state index contributed by atoms with van der Waals surface area (Å²) in [5.74, 6) is 4.21. The van der Waals surface area contributed by atoms with Crippen LogP contribution in [0.15, 0.2) is 12.1 Å². The highest BCUT2D eigenvalue weighted by atomic mass is 32.2. The van der Waals surface area contributed by atoms with E-state index in [1.807, 2.05) is 35.7 Å². The summed E-state index contributed by atoms with van der Waals surface area (Å²) in [4.78, 5) is 16.9. The largest absolute Gasteiger partial charge is 0.354 e. The van der Waals surface area contributed by atoms with Crippen molar-refractivity contribution in [3.63, 3.8) is 0 Å². The minimum absolute atomic E-state index is 0.0950. The van der Waals surface area contributed by atoms with Crippen LogP contribution in [0.25, 0.3) is 5.65 Å². The topological polar surface area (TPSA) is 66.6 Å². The van der Waals surface area contributed by atoms with E-state index in [2.05, 4.69) is 20.2 Å². The van der Waals surface area contributed by atoms with Gasteiger partial charge in [-0.2, -0.15) is 16.3 Å². The monoisotopic (exact) mass is 332 g/mol. The van der Waals surface area contributed by atoms with Crippen molar-refractivity contribution < 1.29 is 4.79 Å². The maximum atomic E-state index is 12.6. The van der Waals surface area contributed by atoms with E-state index in [4.69, 9.17) is 0 Å². The quantitative estimate of drug-likeness (QED) is 0.812. The van der Waals surface area contributed by atoms with E-state index in [1.54, 1.807) is 4.52 Å². The third kappa shape index (κ3) is 2.75. The lowest BCUT2D eigenvalue weighted by atomic mass is 10.1. The number of hydrogen-bond donors (Lipinski definition) is 0. The van der Waals surface area contributed by atoms with Gasteiger partial charge in [0.2, 0.25) is 5.91 Å². The lowest BCUT2D eigenvalue weighted by Gasteiger charge is -2.29. The number of aromatic nitrogens is 4. The molecule has 8 heteroatoms. The van der Waals surface area contributed by atoms with E-state index < -0.39 is 0 Å². The Kier molecular flexibility index (Phi) is 3.84. The van der Waals surface area contributed by atoms with Crippen molar-refractivity contribution in [2.24, 2.45) is 5.92 Å². The third-order valence-corrected chi connectivity index (χ3v) is 5.53. The number of thioether (sulfide) groups is 1. The van der Waals surface area contributed by atoms with Crippen LogP contribution in [0.2, 0.25) is 0 Å². The first-order valence-electron chi connectivity index (χ1n) is 8.03. The summed E-state index contributed by atoms with van der Waals surface area (Å²) in [6, 6.07) is 3.90. The van der Waals surface area contributed by atoms with Gasteiger partial charge in [0.15, 0.2) is 11.5 Å². The molecule has 4 heterocycles. The third-order valence-electron chi connectivity index (χ3n) is 4.59. The number of nitrogens with zero attached hydrogens (tertiary/aromatic N) is 6. The second kappa shape index (κ2) is 5.99. The molecular weight excluding hydrogens is 312 g/mol. The predicted octanol–water partition coefficient (Wildman–Crippen LogP) is 0.834. The van der Waals surface area contributed by atoms with E-state index in [0.29, 0.717) is 5.91 Å². The molecule has 0 N–H and O–H groups in total. The molecule has 122 valence electrons. The molecule has 0 aliphatic carbocycles. The predicted molar refractivity (Wildman–Crippen MR) is 89.7 cm³/mol. The lowest BCUT2D eigenvalue weighted by Crippen LogP contribution is -2.42. The Balaban J connectivity index is 1.48. The van der Waals surface area contributed by atoms with E-state index in [-0.39, 0.29) is 5.92 Å². The molecule has 2 aromatic heterocycles. The smallest absolute Gasteiger partial charge is 0.227 e. The Morgan fingerprint density at radius 2 is 2.04 bits per heavy atom.